The normalized spacial score (nSPS) is 11.8. The summed E-state index contributed by atoms with van der Waals surface area (Å²) in [6, 6.07) is 64.0. The Hall–Kier alpha value is -6.12. The Kier molecular flexibility index (Phi) is 6.80. The zero-order chi connectivity index (χ0) is 32.0. The van der Waals surface area contributed by atoms with Gasteiger partial charge in [-0.3, -0.25) is 0 Å². The first-order valence-electron chi connectivity index (χ1n) is 16.6. The third kappa shape index (κ3) is 4.57. The maximum Gasteiger partial charge on any atom is 0.0547 e. The lowest BCUT2D eigenvalue weighted by Crippen LogP contribution is -2.15. The summed E-state index contributed by atoms with van der Waals surface area (Å²) >= 11 is 0. The SMILES string of the molecule is CN(c1ccccc1)c1ccc2ccccc2c1-c1c(N(c2ccccc2)c2cccc3c2Cc2ccccc2-3)ccc2ccccc12. The van der Waals surface area contributed by atoms with Gasteiger partial charge in [-0.25, -0.2) is 0 Å². The quantitative estimate of drug-likeness (QED) is 0.184. The van der Waals surface area contributed by atoms with Gasteiger partial charge >= 0.3 is 0 Å². The van der Waals surface area contributed by atoms with E-state index >= 15 is 0 Å². The van der Waals surface area contributed by atoms with E-state index in [9.17, 15) is 0 Å². The molecule has 0 bridgehead atoms. The van der Waals surface area contributed by atoms with Crippen molar-refractivity contribution >= 4 is 50.0 Å². The van der Waals surface area contributed by atoms with Gasteiger partial charge < -0.3 is 9.80 Å². The maximum absolute atomic E-state index is 2.50. The predicted molar refractivity (Wildman–Crippen MR) is 204 cm³/mol. The number of hydrogen-bond acceptors (Lipinski definition) is 2. The number of anilines is 5. The highest BCUT2D eigenvalue weighted by Crippen LogP contribution is 2.52. The van der Waals surface area contributed by atoms with E-state index in [0.29, 0.717) is 0 Å². The lowest BCUT2D eigenvalue weighted by molar-refractivity contribution is 1.20. The molecule has 48 heavy (non-hydrogen) atoms. The molecule has 2 heteroatoms. The molecule has 0 N–H and O–H groups in total. The van der Waals surface area contributed by atoms with Gasteiger partial charge in [0.15, 0.2) is 0 Å². The van der Waals surface area contributed by atoms with Gasteiger partial charge in [-0.1, -0.05) is 133 Å². The molecule has 0 atom stereocenters. The van der Waals surface area contributed by atoms with Gasteiger partial charge in [0.1, 0.15) is 0 Å². The monoisotopic (exact) mass is 614 g/mol. The average molecular weight is 615 g/mol. The zero-order valence-electron chi connectivity index (χ0n) is 26.8. The Bertz CT molecular complexity index is 2450. The number of nitrogens with zero attached hydrogens (tertiary/aromatic N) is 2. The van der Waals surface area contributed by atoms with Gasteiger partial charge in [0.05, 0.1) is 11.4 Å². The minimum atomic E-state index is 0.907. The number of para-hydroxylation sites is 2. The molecule has 1 aliphatic carbocycles. The van der Waals surface area contributed by atoms with E-state index < -0.39 is 0 Å². The van der Waals surface area contributed by atoms with Crippen LogP contribution < -0.4 is 9.80 Å². The number of hydrogen-bond donors (Lipinski definition) is 0. The fourth-order valence-electron chi connectivity index (χ4n) is 7.64. The van der Waals surface area contributed by atoms with Crippen LogP contribution in [0.5, 0.6) is 0 Å². The fraction of sp³-hybridized carbons (Fsp3) is 0.0435. The molecular weight excluding hydrogens is 581 g/mol. The van der Waals surface area contributed by atoms with Crippen LogP contribution >= 0.6 is 0 Å². The summed E-state index contributed by atoms with van der Waals surface area (Å²) in [5.41, 5.74) is 13.7. The van der Waals surface area contributed by atoms with E-state index in [1.807, 2.05) is 0 Å². The Morgan fingerprint density at radius 2 is 0.938 bits per heavy atom. The lowest BCUT2D eigenvalue weighted by atomic mass is 9.89. The zero-order valence-corrected chi connectivity index (χ0v) is 26.8. The van der Waals surface area contributed by atoms with Crippen LogP contribution in [0.1, 0.15) is 11.1 Å². The van der Waals surface area contributed by atoms with E-state index in [-0.39, 0.29) is 0 Å². The highest BCUT2D eigenvalue weighted by molar-refractivity contribution is 6.15. The van der Waals surface area contributed by atoms with Crippen LogP contribution in [-0.4, -0.2) is 7.05 Å². The minimum absolute atomic E-state index is 0.907. The summed E-state index contributed by atoms with van der Waals surface area (Å²) in [5.74, 6) is 0. The highest BCUT2D eigenvalue weighted by atomic mass is 15.2. The first kappa shape index (κ1) is 28.1. The van der Waals surface area contributed by atoms with Gasteiger partial charge in [0.25, 0.3) is 0 Å². The molecule has 0 saturated carbocycles. The molecule has 2 nitrogen and oxygen atoms in total. The van der Waals surface area contributed by atoms with E-state index in [1.54, 1.807) is 0 Å². The van der Waals surface area contributed by atoms with Crippen LogP contribution in [0.2, 0.25) is 0 Å². The van der Waals surface area contributed by atoms with Crippen molar-refractivity contribution in [1.82, 2.24) is 0 Å². The van der Waals surface area contributed by atoms with Gasteiger partial charge in [-0.15, -0.1) is 0 Å². The smallest absolute Gasteiger partial charge is 0.0547 e. The lowest BCUT2D eigenvalue weighted by Gasteiger charge is -2.32. The highest BCUT2D eigenvalue weighted by Gasteiger charge is 2.28. The molecule has 0 heterocycles. The molecule has 228 valence electrons. The molecule has 8 aromatic carbocycles. The molecule has 0 radical (unpaired) electrons. The van der Waals surface area contributed by atoms with E-state index in [0.717, 1.165) is 29.2 Å². The molecule has 0 saturated heterocycles. The molecule has 0 aliphatic heterocycles. The van der Waals surface area contributed by atoms with Crippen molar-refractivity contribution in [3.8, 4) is 22.3 Å². The van der Waals surface area contributed by atoms with Crippen molar-refractivity contribution in [2.75, 3.05) is 16.8 Å². The van der Waals surface area contributed by atoms with Gasteiger partial charge in [-0.05, 0) is 86.3 Å². The summed E-state index contributed by atoms with van der Waals surface area (Å²) in [6.07, 6.45) is 0.907. The number of rotatable bonds is 6. The van der Waals surface area contributed by atoms with Crippen LogP contribution in [0.3, 0.4) is 0 Å². The average Bonchev–Trinajstić information content (AvgIpc) is 3.54. The summed E-state index contributed by atoms with van der Waals surface area (Å²) in [5, 5.41) is 4.90. The molecule has 9 rings (SSSR count). The molecule has 0 aromatic heterocycles. The molecule has 8 aromatic rings. The fourth-order valence-corrected chi connectivity index (χ4v) is 7.64. The summed E-state index contributed by atoms with van der Waals surface area (Å²) in [7, 11) is 2.18. The van der Waals surface area contributed by atoms with Crippen LogP contribution in [0.25, 0.3) is 43.8 Å². The second-order valence-corrected chi connectivity index (χ2v) is 12.6. The van der Waals surface area contributed by atoms with Crippen LogP contribution in [0.4, 0.5) is 28.4 Å². The largest absolute Gasteiger partial charge is 0.344 e. The summed E-state index contributed by atoms with van der Waals surface area (Å²) in [4.78, 5) is 4.83. The topological polar surface area (TPSA) is 6.48 Å². The second-order valence-electron chi connectivity index (χ2n) is 12.6. The predicted octanol–water partition coefficient (Wildman–Crippen LogP) is 12.5. The van der Waals surface area contributed by atoms with E-state index in [2.05, 4.69) is 193 Å². The Morgan fingerprint density at radius 1 is 0.396 bits per heavy atom. The van der Waals surface area contributed by atoms with Crippen molar-refractivity contribution in [3.05, 3.63) is 187 Å². The second kappa shape index (κ2) is 11.6. The van der Waals surface area contributed by atoms with Crippen LogP contribution in [-0.2, 0) is 6.42 Å². The standard InChI is InChI=1S/C46H34N2/c1-47(35-18-4-2-5-19-35)43-29-27-32-15-8-12-23-38(32)45(43)46-39-24-13-9-16-33(39)28-30-44(46)48(36-20-6-3-7-21-36)42-26-14-25-40-37-22-11-10-17-34(37)31-41(40)42/h2-30H,31H2,1H3. The summed E-state index contributed by atoms with van der Waals surface area (Å²) in [6.45, 7) is 0. The molecule has 0 amide bonds. The minimum Gasteiger partial charge on any atom is -0.344 e. The third-order valence-electron chi connectivity index (χ3n) is 9.89. The van der Waals surface area contributed by atoms with E-state index in [4.69, 9.17) is 0 Å². The molecule has 0 unspecified atom stereocenters. The number of fused-ring (bicyclic) bond motifs is 5. The van der Waals surface area contributed by atoms with Crippen LogP contribution in [0, 0.1) is 0 Å². The molecule has 0 spiro atoms. The van der Waals surface area contributed by atoms with E-state index in [1.165, 1.54) is 60.6 Å². The maximum atomic E-state index is 2.50. The van der Waals surface area contributed by atoms with Gasteiger partial charge in [0.2, 0.25) is 0 Å². The van der Waals surface area contributed by atoms with Crippen molar-refractivity contribution in [3.63, 3.8) is 0 Å². The molecular formula is C46H34N2. The van der Waals surface area contributed by atoms with Crippen molar-refractivity contribution in [1.29, 1.82) is 0 Å². The third-order valence-corrected chi connectivity index (χ3v) is 9.89. The Labute approximate surface area is 281 Å². The first-order chi connectivity index (χ1) is 23.8. The molecule has 0 fully saturated rings. The van der Waals surface area contributed by atoms with Crippen molar-refractivity contribution < 1.29 is 0 Å². The van der Waals surface area contributed by atoms with Crippen molar-refractivity contribution in [2.45, 2.75) is 6.42 Å². The number of benzene rings is 8. The first-order valence-corrected chi connectivity index (χ1v) is 16.6. The Morgan fingerprint density at radius 3 is 1.65 bits per heavy atom. The van der Waals surface area contributed by atoms with Gasteiger partial charge in [0, 0.05) is 41.7 Å². The Balaban J connectivity index is 1.39. The van der Waals surface area contributed by atoms with Crippen LogP contribution in [0.15, 0.2) is 176 Å². The van der Waals surface area contributed by atoms with Gasteiger partial charge in [-0.2, -0.15) is 0 Å². The summed E-state index contributed by atoms with van der Waals surface area (Å²) < 4.78 is 0. The van der Waals surface area contributed by atoms with Crippen molar-refractivity contribution in [2.24, 2.45) is 0 Å². The molecule has 1 aliphatic rings.